The van der Waals surface area contributed by atoms with Crippen LogP contribution in [-0.4, -0.2) is 30.4 Å². The molecule has 1 aromatic carbocycles. The normalized spacial score (nSPS) is 10.4. The Morgan fingerprint density at radius 1 is 1.39 bits per heavy atom. The van der Waals surface area contributed by atoms with Crippen LogP contribution in [0.4, 0.5) is 0 Å². The summed E-state index contributed by atoms with van der Waals surface area (Å²) in [5.41, 5.74) is -0.395. The minimum Gasteiger partial charge on any atom is -0.496 e. The minimum atomic E-state index is -0.628. The van der Waals surface area contributed by atoms with Crippen molar-refractivity contribution in [1.29, 1.82) is 0 Å². The number of nitrogens with zero attached hydrogens (tertiary/aromatic N) is 1. The summed E-state index contributed by atoms with van der Waals surface area (Å²) >= 11 is 3.28. The van der Waals surface area contributed by atoms with Crippen molar-refractivity contribution >= 4 is 32.7 Å². The van der Waals surface area contributed by atoms with Gasteiger partial charge in [-0.05, 0) is 12.1 Å². The van der Waals surface area contributed by atoms with E-state index in [0.29, 0.717) is 15.6 Å². The zero-order valence-electron chi connectivity index (χ0n) is 9.61. The van der Waals surface area contributed by atoms with Crippen LogP contribution in [0.1, 0.15) is 10.5 Å². The fourth-order valence-electron chi connectivity index (χ4n) is 1.64. The third kappa shape index (κ3) is 1.97. The van der Waals surface area contributed by atoms with Crippen LogP contribution in [0, 0.1) is 0 Å². The molecule has 0 unspecified atom stereocenters. The lowest BCUT2D eigenvalue weighted by atomic mass is 10.1. The molecule has 0 amide bonds. The van der Waals surface area contributed by atoms with E-state index in [-0.39, 0.29) is 11.1 Å². The van der Waals surface area contributed by atoms with Crippen LogP contribution in [0.15, 0.2) is 21.4 Å². The first-order valence-electron chi connectivity index (χ1n) is 4.92. The van der Waals surface area contributed by atoms with Crippen LogP contribution >= 0.6 is 15.9 Å². The van der Waals surface area contributed by atoms with Crippen LogP contribution in [0.25, 0.3) is 10.8 Å². The molecule has 2 rings (SSSR count). The zero-order chi connectivity index (χ0) is 13.3. The Kier molecular flexibility index (Phi) is 3.33. The monoisotopic (exact) mass is 312 g/mol. The van der Waals surface area contributed by atoms with E-state index in [4.69, 9.17) is 4.74 Å². The molecule has 1 heterocycles. The Morgan fingerprint density at radius 2 is 2.11 bits per heavy atom. The summed E-state index contributed by atoms with van der Waals surface area (Å²) in [6, 6.07) is 3.25. The van der Waals surface area contributed by atoms with Gasteiger partial charge in [-0.15, -0.1) is 0 Å². The number of nitrogens with one attached hydrogen (secondary N) is 1. The Balaban J connectivity index is 2.93. The maximum Gasteiger partial charge on any atom is 0.359 e. The average Bonchev–Trinajstić information content (AvgIpc) is 2.37. The summed E-state index contributed by atoms with van der Waals surface area (Å²) in [6.45, 7) is 0. The van der Waals surface area contributed by atoms with Crippen molar-refractivity contribution in [3.63, 3.8) is 0 Å². The number of halogens is 1. The van der Waals surface area contributed by atoms with Crippen LogP contribution in [0.2, 0.25) is 0 Å². The Bertz CT molecular complexity index is 681. The van der Waals surface area contributed by atoms with Gasteiger partial charge < -0.3 is 9.47 Å². The number of hydrogen-bond acceptors (Lipinski definition) is 5. The number of rotatable bonds is 2. The van der Waals surface area contributed by atoms with E-state index in [2.05, 4.69) is 30.9 Å². The van der Waals surface area contributed by atoms with E-state index in [9.17, 15) is 9.59 Å². The Labute approximate surface area is 110 Å². The average molecular weight is 313 g/mol. The van der Waals surface area contributed by atoms with E-state index in [1.807, 2.05) is 0 Å². The zero-order valence-corrected chi connectivity index (χ0v) is 11.2. The molecule has 0 aliphatic carbocycles. The smallest absolute Gasteiger partial charge is 0.359 e. The molecular formula is C11H9BrN2O4. The summed E-state index contributed by atoms with van der Waals surface area (Å²) < 4.78 is 10.4. The highest BCUT2D eigenvalue weighted by Crippen LogP contribution is 2.28. The van der Waals surface area contributed by atoms with Crippen molar-refractivity contribution in [3.05, 3.63) is 32.7 Å². The van der Waals surface area contributed by atoms with E-state index < -0.39 is 11.5 Å². The first kappa shape index (κ1) is 12.6. The molecule has 0 atom stereocenters. The summed E-state index contributed by atoms with van der Waals surface area (Å²) in [5.74, 6) is -0.274. The van der Waals surface area contributed by atoms with Gasteiger partial charge in [0.25, 0.3) is 5.56 Å². The van der Waals surface area contributed by atoms with Crippen molar-refractivity contribution in [3.8, 4) is 5.75 Å². The van der Waals surface area contributed by atoms with Crippen LogP contribution in [0.5, 0.6) is 5.75 Å². The molecule has 1 aromatic heterocycles. The molecule has 6 nitrogen and oxygen atoms in total. The highest BCUT2D eigenvalue weighted by atomic mass is 79.9. The molecular weight excluding hydrogens is 304 g/mol. The van der Waals surface area contributed by atoms with Gasteiger partial charge in [-0.2, -0.15) is 5.10 Å². The molecule has 0 fully saturated rings. The predicted octanol–water partition coefficient (Wildman–Crippen LogP) is 1.48. The number of ether oxygens (including phenoxy) is 2. The number of carbonyl (C=O) groups is 1. The van der Waals surface area contributed by atoms with Gasteiger partial charge in [0.15, 0.2) is 5.69 Å². The lowest BCUT2D eigenvalue weighted by molar-refractivity contribution is 0.0595. The molecule has 94 valence electrons. The molecule has 18 heavy (non-hydrogen) atoms. The van der Waals surface area contributed by atoms with E-state index in [0.717, 1.165) is 0 Å². The first-order valence-corrected chi connectivity index (χ1v) is 5.72. The number of aromatic amines is 1. The van der Waals surface area contributed by atoms with Crippen molar-refractivity contribution in [2.24, 2.45) is 0 Å². The van der Waals surface area contributed by atoms with Crippen LogP contribution in [0.3, 0.4) is 0 Å². The van der Waals surface area contributed by atoms with Crippen molar-refractivity contribution < 1.29 is 14.3 Å². The predicted molar refractivity (Wildman–Crippen MR) is 68.0 cm³/mol. The molecule has 0 bridgehead atoms. The fraction of sp³-hybridized carbons (Fsp3) is 0.182. The maximum absolute atomic E-state index is 11.8. The molecule has 0 saturated heterocycles. The number of methoxy groups -OCH3 is 2. The Hall–Kier alpha value is -1.89. The molecule has 2 aromatic rings. The van der Waals surface area contributed by atoms with Gasteiger partial charge in [-0.25, -0.2) is 9.89 Å². The second-order valence-electron chi connectivity index (χ2n) is 3.42. The van der Waals surface area contributed by atoms with Gasteiger partial charge in [-0.1, -0.05) is 15.9 Å². The third-order valence-electron chi connectivity index (χ3n) is 2.42. The molecule has 0 aliphatic heterocycles. The molecule has 1 N–H and O–H groups in total. The summed E-state index contributed by atoms with van der Waals surface area (Å²) in [7, 11) is 2.69. The topological polar surface area (TPSA) is 81.3 Å². The number of fused-ring (bicyclic) bond motifs is 1. The number of carbonyl (C=O) groups excluding carboxylic acids is 1. The lowest BCUT2D eigenvalue weighted by Crippen LogP contribution is -2.16. The molecule has 0 radical (unpaired) electrons. The molecule has 0 aliphatic rings. The lowest BCUT2D eigenvalue weighted by Gasteiger charge is -2.07. The minimum absolute atomic E-state index is 0.0340. The second kappa shape index (κ2) is 4.77. The van der Waals surface area contributed by atoms with Crippen LogP contribution in [-0.2, 0) is 4.74 Å². The summed E-state index contributed by atoms with van der Waals surface area (Å²) in [5, 5.41) is 6.59. The van der Waals surface area contributed by atoms with Crippen molar-refractivity contribution in [2.75, 3.05) is 14.2 Å². The second-order valence-corrected chi connectivity index (χ2v) is 4.34. The standard InChI is InChI=1S/C11H9BrN2O4/c1-17-7-4-5(12)3-6-8(7)10(15)14-13-9(6)11(16)18-2/h3-4H,1-2H3,(H,14,15). The SMILES string of the molecule is COC(=O)c1n[nH]c(=O)c2c(OC)cc(Br)cc12. The van der Waals surface area contributed by atoms with Gasteiger partial charge in [0.05, 0.1) is 19.6 Å². The fourth-order valence-corrected chi connectivity index (χ4v) is 2.08. The first-order chi connectivity index (χ1) is 8.58. The Morgan fingerprint density at radius 3 is 2.72 bits per heavy atom. The largest absolute Gasteiger partial charge is 0.496 e. The number of esters is 1. The highest BCUT2D eigenvalue weighted by molar-refractivity contribution is 9.10. The number of H-pyrrole nitrogens is 1. The van der Waals surface area contributed by atoms with E-state index >= 15 is 0 Å². The van der Waals surface area contributed by atoms with Gasteiger partial charge in [0.1, 0.15) is 5.75 Å². The van der Waals surface area contributed by atoms with Crippen molar-refractivity contribution in [1.82, 2.24) is 10.2 Å². The molecule has 0 spiro atoms. The van der Waals surface area contributed by atoms with Gasteiger partial charge >= 0.3 is 5.97 Å². The van der Waals surface area contributed by atoms with Crippen molar-refractivity contribution in [2.45, 2.75) is 0 Å². The summed E-state index contributed by atoms with van der Waals surface area (Å²) in [6.07, 6.45) is 0. The van der Waals surface area contributed by atoms with Crippen LogP contribution < -0.4 is 10.3 Å². The van der Waals surface area contributed by atoms with E-state index in [1.165, 1.54) is 14.2 Å². The number of aromatic nitrogens is 2. The maximum atomic E-state index is 11.8. The van der Waals surface area contributed by atoms with Gasteiger partial charge in [-0.3, -0.25) is 4.79 Å². The van der Waals surface area contributed by atoms with Gasteiger partial charge in [0, 0.05) is 9.86 Å². The highest BCUT2D eigenvalue weighted by Gasteiger charge is 2.18. The summed E-state index contributed by atoms with van der Waals surface area (Å²) in [4.78, 5) is 23.4. The number of hydrogen-bond donors (Lipinski definition) is 1. The molecule has 7 heteroatoms. The quantitative estimate of drug-likeness (QED) is 0.849. The van der Waals surface area contributed by atoms with E-state index in [1.54, 1.807) is 12.1 Å². The number of benzene rings is 1. The third-order valence-corrected chi connectivity index (χ3v) is 2.87. The van der Waals surface area contributed by atoms with Gasteiger partial charge in [0.2, 0.25) is 0 Å². The molecule has 0 saturated carbocycles.